The van der Waals surface area contributed by atoms with Crippen molar-refractivity contribution in [3.63, 3.8) is 0 Å². The number of hydrogen-bond donors (Lipinski definition) is 1. The molecule has 1 rings (SSSR count). The van der Waals surface area contributed by atoms with Crippen LogP contribution in [0.25, 0.3) is 0 Å². The topological polar surface area (TPSA) is 34.2 Å². The summed E-state index contributed by atoms with van der Waals surface area (Å²) in [5.41, 5.74) is 3.62. The summed E-state index contributed by atoms with van der Waals surface area (Å²) in [7, 11) is 1.73. The number of ether oxygens (including phenoxy) is 1. The molecular weight excluding hydrogens is 248 g/mol. The largest absolute Gasteiger partial charge is 0.496 e. The molecule has 0 radical (unpaired) electrons. The van der Waals surface area contributed by atoms with Crippen LogP contribution in [0.5, 0.6) is 5.75 Å². The second-order valence-corrected chi connectivity index (χ2v) is 6.66. The van der Waals surface area contributed by atoms with Crippen molar-refractivity contribution in [3.8, 4) is 5.75 Å². The first-order chi connectivity index (χ1) is 9.28. The molecule has 0 aliphatic heterocycles. The highest BCUT2D eigenvalue weighted by Gasteiger charge is 2.16. The molecule has 1 aromatic heterocycles. The van der Waals surface area contributed by atoms with E-state index in [0.717, 1.165) is 36.4 Å². The smallest absolute Gasteiger partial charge is 0.128 e. The molecule has 1 atom stereocenters. The molecule has 0 spiro atoms. The lowest BCUT2D eigenvalue weighted by Crippen LogP contribution is -2.39. The monoisotopic (exact) mass is 278 g/mol. The fourth-order valence-corrected chi connectivity index (χ4v) is 2.36. The van der Waals surface area contributed by atoms with Crippen molar-refractivity contribution in [2.24, 2.45) is 5.92 Å². The summed E-state index contributed by atoms with van der Waals surface area (Å²) in [4.78, 5) is 4.61. The molecule has 114 valence electrons. The number of aryl methyl sites for hydroxylation is 1. The lowest BCUT2D eigenvalue weighted by atomic mass is 9.95. The molecule has 1 aromatic rings. The van der Waals surface area contributed by atoms with Gasteiger partial charge in [0.15, 0.2) is 0 Å². The first kappa shape index (κ1) is 17.0. The predicted molar refractivity (Wildman–Crippen MR) is 85.5 cm³/mol. The Morgan fingerprint density at radius 2 is 1.95 bits per heavy atom. The highest BCUT2D eigenvalue weighted by Crippen LogP contribution is 2.26. The van der Waals surface area contributed by atoms with Crippen LogP contribution in [-0.2, 0) is 6.42 Å². The van der Waals surface area contributed by atoms with Crippen LogP contribution in [0.2, 0.25) is 0 Å². The number of pyridine rings is 1. The average molecular weight is 278 g/mol. The third-order valence-electron chi connectivity index (χ3n) is 3.73. The molecule has 0 amide bonds. The second kappa shape index (κ2) is 7.07. The molecule has 0 saturated heterocycles. The Labute approximate surface area is 124 Å². The quantitative estimate of drug-likeness (QED) is 0.862. The highest BCUT2D eigenvalue weighted by molar-refractivity contribution is 5.41. The van der Waals surface area contributed by atoms with Crippen molar-refractivity contribution in [3.05, 3.63) is 23.0 Å². The summed E-state index contributed by atoms with van der Waals surface area (Å²) < 4.78 is 5.49. The van der Waals surface area contributed by atoms with Crippen LogP contribution < -0.4 is 10.1 Å². The van der Waals surface area contributed by atoms with Crippen LogP contribution >= 0.6 is 0 Å². The molecular formula is C17H30N2O. The van der Waals surface area contributed by atoms with Gasteiger partial charge in [0.2, 0.25) is 0 Å². The minimum absolute atomic E-state index is 0.168. The molecule has 1 N–H and O–H groups in total. The van der Waals surface area contributed by atoms with Gasteiger partial charge < -0.3 is 10.1 Å². The van der Waals surface area contributed by atoms with Gasteiger partial charge in [-0.3, -0.25) is 4.98 Å². The van der Waals surface area contributed by atoms with Crippen molar-refractivity contribution in [1.29, 1.82) is 0 Å². The van der Waals surface area contributed by atoms with E-state index in [1.54, 1.807) is 7.11 Å². The lowest BCUT2D eigenvalue weighted by Gasteiger charge is -2.25. The van der Waals surface area contributed by atoms with E-state index in [1.807, 2.05) is 13.1 Å². The van der Waals surface area contributed by atoms with Crippen molar-refractivity contribution in [2.45, 2.75) is 59.9 Å². The van der Waals surface area contributed by atoms with E-state index >= 15 is 0 Å². The summed E-state index contributed by atoms with van der Waals surface area (Å²) in [6.45, 7) is 14.0. The van der Waals surface area contributed by atoms with E-state index < -0.39 is 0 Å². The Morgan fingerprint density at radius 1 is 1.30 bits per heavy atom. The standard InChI is InChI=1S/C17H30N2O/c1-8-14(11-19-17(4,5)6)9-15-13(3)16(20-7)12(2)10-18-15/h10,14,19H,8-9,11H2,1-7H3. The Bertz CT molecular complexity index is 435. The maximum absolute atomic E-state index is 5.49. The van der Waals surface area contributed by atoms with Crippen molar-refractivity contribution < 1.29 is 4.74 Å². The average Bonchev–Trinajstić information content (AvgIpc) is 2.36. The second-order valence-electron chi connectivity index (χ2n) is 6.66. The van der Waals surface area contributed by atoms with Gasteiger partial charge in [-0.15, -0.1) is 0 Å². The van der Waals surface area contributed by atoms with Crippen LogP contribution in [0.3, 0.4) is 0 Å². The van der Waals surface area contributed by atoms with Crippen LogP contribution in [0.4, 0.5) is 0 Å². The van der Waals surface area contributed by atoms with E-state index in [1.165, 1.54) is 5.56 Å². The number of nitrogens with one attached hydrogen (secondary N) is 1. The number of aromatic nitrogens is 1. The normalized spacial score (nSPS) is 13.3. The van der Waals surface area contributed by atoms with Gasteiger partial charge in [-0.2, -0.15) is 0 Å². The van der Waals surface area contributed by atoms with Crippen molar-refractivity contribution >= 4 is 0 Å². The minimum atomic E-state index is 0.168. The molecule has 1 heterocycles. The van der Waals surface area contributed by atoms with Crippen molar-refractivity contribution in [2.75, 3.05) is 13.7 Å². The van der Waals surface area contributed by atoms with Crippen LogP contribution in [0.1, 0.15) is 50.9 Å². The lowest BCUT2D eigenvalue weighted by molar-refractivity contribution is 0.360. The molecule has 0 fully saturated rings. The van der Waals surface area contributed by atoms with Gasteiger partial charge in [-0.25, -0.2) is 0 Å². The first-order valence-electron chi connectivity index (χ1n) is 7.52. The molecule has 1 unspecified atom stereocenters. The fraction of sp³-hybridized carbons (Fsp3) is 0.706. The van der Waals surface area contributed by atoms with E-state index in [4.69, 9.17) is 4.74 Å². The maximum Gasteiger partial charge on any atom is 0.128 e. The van der Waals surface area contributed by atoms with Crippen LogP contribution in [0.15, 0.2) is 6.20 Å². The molecule has 0 saturated carbocycles. The zero-order valence-corrected chi connectivity index (χ0v) is 14.1. The minimum Gasteiger partial charge on any atom is -0.496 e. The van der Waals surface area contributed by atoms with Gasteiger partial charge in [0.25, 0.3) is 0 Å². The number of rotatable bonds is 6. The van der Waals surface area contributed by atoms with E-state index in [2.05, 4.69) is 44.9 Å². The summed E-state index contributed by atoms with van der Waals surface area (Å²) in [5, 5.41) is 3.59. The third-order valence-corrected chi connectivity index (χ3v) is 3.73. The molecule has 20 heavy (non-hydrogen) atoms. The summed E-state index contributed by atoms with van der Waals surface area (Å²) >= 11 is 0. The Kier molecular flexibility index (Phi) is 6.00. The Hall–Kier alpha value is -1.09. The number of methoxy groups -OCH3 is 1. The van der Waals surface area contributed by atoms with E-state index in [-0.39, 0.29) is 5.54 Å². The summed E-state index contributed by atoms with van der Waals surface area (Å²) in [6, 6.07) is 0. The molecule has 3 nitrogen and oxygen atoms in total. The molecule has 0 aliphatic rings. The summed E-state index contributed by atoms with van der Waals surface area (Å²) in [6.07, 6.45) is 4.08. The highest BCUT2D eigenvalue weighted by atomic mass is 16.5. The van der Waals surface area contributed by atoms with Gasteiger partial charge in [0.05, 0.1) is 7.11 Å². The van der Waals surface area contributed by atoms with Gasteiger partial charge >= 0.3 is 0 Å². The van der Waals surface area contributed by atoms with Gasteiger partial charge in [-0.05, 0) is 53.5 Å². The SMILES string of the molecule is CCC(CNC(C)(C)C)Cc1ncc(C)c(OC)c1C. The maximum atomic E-state index is 5.49. The number of nitrogens with zero attached hydrogens (tertiary/aromatic N) is 1. The molecule has 0 aliphatic carbocycles. The van der Waals surface area contributed by atoms with Crippen LogP contribution in [0, 0.1) is 19.8 Å². The first-order valence-corrected chi connectivity index (χ1v) is 7.52. The van der Waals surface area contributed by atoms with Crippen LogP contribution in [-0.4, -0.2) is 24.2 Å². The Balaban J connectivity index is 2.80. The zero-order chi connectivity index (χ0) is 15.3. The zero-order valence-electron chi connectivity index (χ0n) is 14.1. The Morgan fingerprint density at radius 3 is 2.45 bits per heavy atom. The molecule has 3 heteroatoms. The van der Waals surface area contributed by atoms with Gasteiger partial charge in [0, 0.05) is 28.6 Å². The van der Waals surface area contributed by atoms with E-state index in [0.29, 0.717) is 5.92 Å². The third kappa shape index (κ3) is 4.78. The fourth-order valence-electron chi connectivity index (χ4n) is 2.36. The van der Waals surface area contributed by atoms with E-state index in [9.17, 15) is 0 Å². The molecule has 0 bridgehead atoms. The predicted octanol–water partition coefficient (Wildman–Crippen LogP) is 3.66. The summed E-state index contributed by atoms with van der Waals surface area (Å²) in [5.74, 6) is 1.58. The van der Waals surface area contributed by atoms with Gasteiger partial charge in [0.1, 0.15) is 5.75 Å². The van der Waals surface area contributed by atoms with Gasteiger partial charge in [-0.1, -0.05) is 13.3 Å². The number of hydrogen-bond acceptors (Lipinski definition) is 3. The van der Waals surface area contributed by atoms with Crippen molar-refractivity contribution in [1.82, 2.24) is 10.3 Å². The molecule has 0 aromatic carbocycles.